The molecule has 0 spiro atoms. The molecular formula is C24H23N3O4. The molecular weight excluding hydrogens is 394 g/mol. The Labute approximate surface area is 179 Å². The number of aromatic nitrogens is 2. The highest BCUT2D eigenvalue weighted by atomic mass is 16.5. The van der Waals surface area contributed by atoms with E-state index in [1.54, 1.807) is 12.5 Å². The van der Waals surface area contributed by atoms with E-state index in [1.807, 2.05) is 28.8 Å². The number of nitrogens with one attached hydrogen (secondary N) is 1. The normalized spacial score (nSPS) is 15.7. The van der Waals surface area contributed by atoms with Gasteiger partial charge in [0.05, 0.1) is 30.7 Å². The number of carbonyl (C=O) groups excluding carboxylic acids is 1. The number of imidazole rings is 1. The van der Waals surface area contributed by atoms with Crippen LogP contribution >= 0.6 is 0 Å². The lowest BCUT2D eigenvalue weighted by molar-refractivity contribution is -0.137. The molecule has 1 saturated carbocycles. The molecule has 2 aliphatic carbocycles. The molecule has 7 heteroatoms. The van der Waals surface area contributed by atoms with Gasteiger partial charge in [-0.3, -0.25) is 4.79 Å². The number of hydrogen-bond donors (Lipinski definition) is 2. The molecule has 1 amide bonds. The smallest absolute Gasteiger partial charge is 0.407 e. The third kappa shape index (κ3) is 3.79. The van der Waals surface area contributed by atoms with Crippen molar-refractivity contribution in [1.82, 2.24) is 14.9 Å². The second-order valence-corrected chi connectivity index (χ2v) is 8.08. The monoisotopic (exact) mass is 417 g/mol. The molecule has 0 radical (unpaired) electrons. The number of fused-ring (bicyclic) bond motifs is 3. The summed E-state index contributed by atoms with van der Waals surface area (Å²) in [6.07, 6.45) is 4.53. The first-order valence-electron chi connectivity index (χ1n) is 10.5. The molecule has 158 valence electrons. The number of alkyl carbamates (subject to hydrolysis) is 1. The lowest BCUT2D eigenvalue weighted by atomic mass is 9.98. The van der Waals surface area contributed by atoms with Crippen molar-refractivity contribution < 1.29 is 19.4 Å². The largest absolute Gasteiger partial charge is 0.481 e. The summed E-state index contributed by atoms with van der Waals surface area (Å²) in [5.74, 6) is -1.04. The number of aliphatic carboxylic acids is 1. The van der Waals surface area contributed by atoms with Gasteiger partial charge < -0.3 is 19.7 Å². The zero-order valence-corrected chi connectivity index (χ0v) is 16.9. The van der Waals surface area contributed by atoms with Crippen LogP contribution in [0.2, 0.25) is 0 Å². The number of carboxylic acid groups (broad SMARTS) is 1. The van der Waals surface area contributed by atoms with Crippen LogP contribution in [0.1, 0.15) is 54.1 Å². The summed E-state index contributed by atoms with van der Waals surface area (Å²) in [7, 11) is 0. The maximum atomic E-state index is 12.7. The molecule has 1 aromatic heterocycles. The molecule has 2 aromatic carbocycles. The van der Waals surface area contributed by atoms with Crippen LogP contribution in [0.15, 0.2) is 61.1 Å². The van der Waals surface area contributed by atoms with E-state index in [-0.39, 0.29) is 18.9 Å². The molecule has 1 fully saturated rings. The number of hydrogen-bond acceptors (Lipinski definition) is 4. The van der Waals surface area contributed by atoms with Crippen molar-refractivity contribution in [2.45, 2.75) is 37.3 Å². The molecule has 2 N–H and O–H groups in total. The maximum Gasteiger partial charge on any atom is 0.407 e. The number of ether oxygens (including phenoxy) is 1. The number of nitrogens with zero attached hydrogens (tertiary/aromatic N) is 2. The predicted molar refractivity (Wildman–Crippen MR) is 114 cm³/mol. The Hall–Kier alpha value is -3.61. The molecule has 0 saturated heterocycles. The third-order valence-corrected chi connectivity index (χ3v) is 6.01. The second kappa shape index (κ2) is 7.91. The van der Waals surface area contributed by atoms with Gasteiger partial charge in [0, 0.05) is 12.0 Å². The molecule has 1 atom stereocenters. The lowest BCUT2D eigenvalue weighted by Gasteiger charge is -2.20. The number of amides is 1. The standard InChI is InChI=1S/C24H23N3O4/c28-23(29)11-21(22-12-25-14-27(22)15-9-10-15)26-24(30)31-13-20-18-7-3-1-5-16(18)17-6-2-4-8-19(17)20/h1-8,12,14-15,20-21H,9-11,13H2,(H,26,30)(H,28,29)/t21-/m1/s1. The highest BCUT2D eigenvalue weighted by molar-refractivity contribution is 5.79. The fourth-order valence-electron chi connectivity index (χ4n) is 4.43. The molecule has 0 bridgehead atoms. The fourth-order valence-corrected chi connectivity index (χ4v) is 4.43. The first-order valence-corrected chi connectivity index (χ1v) is 10.5. The van der Waals surface area contributed by atoms with Gasteiger partial charge in [0.1, 0.15) is 6.61 Å². The van der Waals surface area contributed by atoms with Gasteiger partial charge >= 0.3 is 12.1 Å². The number of carboxylic acids is 1. The molecule has 0 aliphatic heterocycles. The Bertz CT molecular complexity index is 1090. The number of rotatable bonds is 7. The molecule has 5 rings (SSSR count). The van der Waals surface area contributed by atoms with Crippen molar-refractivity contribution in [2.75, 3.05) is 6.61 Å². The van der Waals surface area contributed by atoms with Crippen molar-refractivity contribution >= 4 is 12.1 Å². The SMILES string of the molecule is O=C(O)C[C@@H](NC(=O)OCC1c2ccccc2-c2ccccc21)c1cncn1C1CC1. The summed E-state index contributed by atoms with van der Waals surface area (Å²) in [5, 5.41) is 12.1. The van der Waals surface area contributed by atoms with Gasteiger partial charge in [-0.05, 0) is 35.1 Å². The summed E-state index contributed by atoms with van der Waals surface area (Å²) in [6.45, 7) is 0.182. The van der Waals surface area contributed by atoms with Gasteiger partial charge in [-0.1, -0.05) is 48.5 Å². The fraction of sp³-hybridized carbons (Fsp3) is 0.292. The quantitative estimate of drug-likeness (QED) is 0.599. The number of carbonyl (C=O) groups is 2. The van der Waals surface area contributed by atoms with Crippen molar-refractivity contribution in [3.63, 3.8) is 0 Å². The Morgan fingerprint density at radius 2 is 1.74 bits per heavy atom. The van der Waals surface area contributed by atoms with Crippen molar-refractivity contribution in [3.8, 4) is 11.1 Å². The average molecular weight is 417 g/mol. The van der Waals surface area contributed by atoms with Crippen LogP contribution in [-0.4, -0.2) is 33.3 Å². The van der Waals surface area contributed by atoms with Crippen LogP contribution in [0.3, 0.4) is 0 Å². The van der Waals surface area contributed by atoms with Crippen LogP contribution in [0.25, 0.3) is 11.1 Å². The zero-order chi connectivity index (χ0) is 21.4. The van der Waals surface area contributed by atoms with Gasteiger partial charge in [-0.15, -0.1) is 0 Å². The van der Waals surface area contributed by atoms with Gasteiger partial charge in [0.25, 0.3) is 0 Å². The Kier molecular flexibility index (Phi) is 4.94. The number of benzene rings is 2. The van der Waals surface area contributed by atoms with E-state index >= 15 is 0 Å². The minimum absolute atomic E-state index is 0.0481. The van der Waals surface area contributed by atoms with Gasteiger partial charge in [-0.25, -0.2) is 9.78 Å². The molecule has 1 heterocycles. The minimum atomic E-state index is -0.993. The maximum absolute atomic E-state index is 12.7. The van der Waals surface area contributed by atoms with Gasteiger partial charge in [0.15, 0.2) is 0 Å². The van der Waals surface area contributed by atoms with E-state index in [0.29, 0.717) is 11.7 Å². The van der Waals surface area contributed by atoms with Crippen LogP contribution in [-0.2, 0) is 9.53 Å². The predicted octanol–water partition coefficient (Wildman–Crippen LogP) is 4.27. The first kappa shape index (κ1) is 19.4. The minimum Gasteiger partial charge on any atom is -0.481 e. The summed E-state index contributed by atoms with van der Waals surface area (Å²) in [6, 6.07) is 15.9. The molecule has 7 nitrogen and oxygen atoms in total. The van der Waals surface area contributed by atoms with Crippen LogP contribution < -0.4 is 5.32 Å². The van der Waals surface area contributed by atoms with Gasteiger partial charge in [0.2, 0.25) is 0 Å². The molecule has 3 aromatic rings. The Balaban J connectivity index is 1.31. The Morgan fingerprint density at radius 1 is 1.10 bits per heavy atom. The van der Waals surface area contributed by atoms with E-state index in [0.717, 1.165) is 35.1 Å². The van der Waals surface area contributed by atoms with E-state index in [9.17, 15) is 14.7 Å². The topological polar surface area (TPSA) is 93.5 Å². The molecule has 2 aliphatic rings. The first-order chi connectivity index (χ1) is 15.1. The van der Waals surface area contributed by atoms with Crippen molar-refractivity contribution in [3.05, 3.63) is 77.9 Å². The van der Waals surface area contributed by atoms with Gasteiger partial charge in [-0.2, -0.15) is 0 Å². The van der Waals surface area contributed by atoms with Crippen LogP contribution in [0.5, 0.6) is 0 Å². The van der Waals surface area contributed by atoms with E-state index < -0.39 is 18.1 Å². The Morgan fingerprint density at radius 3 is 2.35 bits per heavy atom. The van der Waals surface area contributed by atoms with Crippen molar-refractivity contribution in [2.24, 2.45) is 0 Å². The molecule has 31 heavy (non-hydrogen) atoms. The highest BCUT2D eigenvalue weighted by Crippen LogP contribution is 2.44. The van der Waals surface area contributed by atoms with Crippen molar-refractivity contribution in [1.29, 1.82) is 0 Å². The summed E-state index contributed by atoms with van der Waals surface area (Å²) in [5.41, 5.74) is 5.27. The summed E-state index contributed by atoms with van der Waals surface area (Å²) in [4.78, 5) is 28.2. The van der Waals surface area contributed by atoms with Crippen LogP contribution in [0.4, 0.5) is 4.79 Å². The van der Waals surface area contributed by atoms with E-state index in [4.69, 9.17) is 4.74 Å². The second-order valence-electron chi connectivity index (χ2n) is 8.08. The third-order valence-electron chi connectivity index (χ3n) is 6.01. The van der Waals surface area contributed by atoms with Crippen LogP contribution in [0, 0.1) is 0 Å². The lowest BCUT2D eigenvalue weighted by Crippen LogP contribution is -2.32. The zero-order valence-electron chi connectivity index (χ0n) is 16.9. The summed E-state index contributed by atoms with van der Waals surface area (Å²) < 4.78 is 7.55. The molecule has 0 unspecified atom stereocenters. The van der Waals surface area contributed by atoms with E-state index in [1.165, 1.54) is 0 Å². The summed E-state index contributed by atoms with van der Waals surface area (Å²) >= 11 is 0. The average Bonchev–Trinajstić information content (AvgIpc) is 3.40. The van der Waals surface area contributed by atoms with E-state index in [2.05, 4.69) is 34.6 Å². The highest BCUT2D eigenvalue weighted by Gasteiger charge is 2.31.